The second-order valence-corrected chi connectivity index (χ2v) is 5.43. The number of hydrogen-bond acceptors (Lipinski definition) is 4. The first kappa shape index (κ1) is 17.5. The molecule has 0 spiro atoms. The molecular weight excluding hydrogens is 306 g/mol. The van der Waals surface area contributed by atoms with Crippen molar-refractivity contribution in [3.63, 3.8) is 0 Å². The minimum Gasteiger partial charge on any atom is -0.378 e. The molecular formula is C18H21N3O3. The standard InChI is InChI=1S/C18H21N3O3/c1-21(2)16-10-6-9-15(11-16)18(23)20-19-17(22)13-24-12-14-7-4-3-5-8-14/h3-11H,12-13H2,1-2H3,(H,19,22)(H,20,23). The first-order valence-corrected chi connectivity index (χ1v) is 7.54. The minimum absolute atomic E-state index is 0.132. The maximum atomic E-state index is 12.0. The molecule has 2 amide bonds. The monoisotopic (exact) mass is 327 g/mol. The van der Waals surface area contributed by atoms with E-state index in [1.807, 2.05) is 55.4 Å². The van der Waals surface area contributed by atoms with E-state index in [0.717, 1.165) is 11.3 Å². The van der Waals surface area contributed by atoms with Gasteiger partial charge in [-0.25, -0.2) is 0 Å². The van der Waals surface area contributed by atoms with Gasteiger partial charge in [0.05, 0.1) is 6.61 Å². The number of ether oxygens (including phenoxy) is 1. The fraction of sp³-hybridized carbons (Fsp3) is 0.222. The number of carbonyl (C=O) groups excluding carboxylic acids is 2. The van der Waals surface area contributed by atoms with Crippen LogP contribution < -0.4 is 15.8 Å². The van der Waals surface area contributed by atoms with Gasteiger partial charge in [0.15, 0.2) is 0 Å². The average molecular weight is 327 g/mol. The molecule has 0 aliphatic rings. The van der Waals surface area contributed by atoms with Crippen molar-refractivity contribution < 1.29 is 14.3 Å². The van der Waals surface area contributed by atoms with Crippen LogP contribution in [-0.2, 0) is 16.1 Å². The number of amides is 2. The molecule has 126 valence electrons. The smallest absolute Gasteiger partial charge is 0.269 e. The Balaban J connectivity index is 1.75. The highest BCUT2D eigenvalue weighted by molar-refractivity contribution is 5.96. The zero-order valence-corrected chi connectivity index (χ0v) is 13.8. The van der Waals surface area contributed by atoms with E-state index in [0.29, 0.717) is 12.2 Å². The van der Waals surface area contributed by atoms with Crippen LogP contribution in [0.15, 0.2) is 54.6 Å². The Morgan fingerprint density at radius 2 is 1.75 bits per heavy atom. The summed E-state index contributed by atoms with van der Waals surface area (Å²) in [5, 5.41) is 0. The Labute approximate surface area is 141 Å². The predicted molar refractivity (Wildman–Crippen MR) is 92.5 cm³/mol. The number of nitrogens with zero attached hydrogens (tertiary/aromatic N) is 1. The van der Waals surface area contributed by atoms with Crippen LogP contribution in [-0.4, -0.2) is 32.5 Å². The fourth-order valence-corrected chi connectivity index (χ4v) is 2.00. The highest BCUT2D eigenvalue weighted by Gasteiger charge is 2.08. The number of hydrazine groups is 1. The lowest BCUT2D eigenvalue weighted by Crippen LogP contribution is -2.43. The lowest BCUT2D eigenvalue weighted by Gasteiger charge is -2.13. The molecule has 0 saturated heterocycles. The zero-order chi connectivity index (χ0) is 17.4. The van der Waals surface area contributed by atoms with Crippen molar-refractivity contribution in [2.45, 2.75) is 6.61 Å². The Morgan fingerprint density at radius 1 is 1.00 bits per heavy atom. The first-order chi connectivity index (χ1) is 11.6. The number of benzene rings is 2. The van der Waals surface area contributed by atoms with Gasteiger partial charge in [0.1, 0.15) is 6.61 Å². The van der Waals surface area contributed by atoms with Gasteiger partial charge < -0.3 is 9.64 Å². The van der Waals surface area contributed by atoms with E-state index in [-0.39, 0.29) is 12.5 Å². The lowest BCUT2D eigenvalue weighted by atomic mass is 10.2. The van der Waals surface area contributed by atoms with Gasteiger partial charge in [-0.3, -0.25) is 20.4 Å². The second-order valence-electron chi connectivity index (χ2n) is 5.43. The SMILES string of the molecule is CN(C)c1cccc(C(=O)NNC(=O)COCc2ccccc2)c1. The second kappa shape index (κ2) is 8.69. The Bertz CT molecular complexity index is 687. The maximum absolute atomic E-state index is 12.0. The van der Waals surface area contributed by atoms with Crippen molar-refractivity contribution in [2.75, 3.05) is 25.6 Å². The molecule has 0 radical (unpaired) electrons. The molecule has 0 aliphatic heterocycles. The van der Waals surface area contributed by atoms with E-state index < -0.39 is 5.91 Å². The van der Waals surface area contributed by atoms with Crippen molar-refractivity contribution in [2.24, 2.45) is 0 Å². The van der Waals surface area contributed by atoms with Crippen molar-refractivity contribution in [3.8, 4) is 0 Å². The van der Waals surface area contributed by atoms with Crippen molar-refractivity contribution in [1.29, 1.82) is 0 Å². The molecule has 0 heterocycles. The summed E-state index contributed by atoms with van der Waals surface area (Å²) < 4.78 is 5.30. The topological polar surface area (TPSA) is 70.7 Å². The van der Waals surface area contributed by atoms with Crippen molar-refractivity contribution in [1.82, 2.24) is 10.9 Å². The van der Waals surface area contributed by atoms with Gasteiger partial charge in [-0.2, -0.15) is 0 Å². The van der Waals surface area contributed by atoms with E-state index in [9.17, 15) is 9.59 Å². The molecule has 6 heteroatoms. The summed E-state index contributed by atoms with van der Waals surface area (Å²) in [5.74, 6) is -0.793. The van der Waals surface area contributed by atoms with E-state index in [1.165, 1.54) is 0 Å². The zero-order valence-electron chi connectivity index (χ0n) is 13.8. The van der Waals surface area contributed by atoms with Crippen LogP contribution in [0.2, 0.25) is 0 Å². The van der Waals surface area contributed by atoms with Gasteiger partial charge in [-0.05, 0) is 23.8 Å². The predicted octanol–water partition coefficient (Wildman–Crippen LogP) is 1.73. The normalized spacial score (nSPS) is 10.1. The summed E-state index contributed by atoms with van der Waals surface area (Å²) >= 11 is 0. The van der Waals surface area contributed by atoms with E-state index in [2.05, 4.69) is 10.9 Å². The number of hydrogen-bond donors (Lipinski definition) is 2. The molecule has 2 aromatic carbocycles. The summed E-state index contributed by atoms with van der Waals surface area (Å²) in [4.78, 5) is 25.6. The van der Waals surface area contributed by atoms with Crippen LogP contribution in [0.25, 0.3) is 0 Å². The van der Waals surface area contributed by atoms with E-state index >= 15 is 0 Å². The first-order valence-electron chi connectivity index (χ1n) is 7.54. The highest BCUT2D eigenvalue weighted by atomic mass is 16.5. The number of nitrogens with one attached hydrogen (secondary N) is 2. The van der Waals surface area contributed by atoms with Gasteiger partial charge in [-0.1, -0.05) is 36.4 Å². The molecule has 0 aliphatic carbocycles. The summed E-state index contributed by atoms with van der Waals surface area (Å²) in [6.07, 6.45) is 0. The van der Waals surface area contributed by atoms with Crippen LogP contribution in [0.5, 0.6) is 0 Å². The molecule has 0 atom stereocenters. The van der Waals surface area contributed by atoms with Crippen LogP contribution in [0.4, 0.5) is 5.69 Å². The molecule has 0 unspecified atom stereocenters. The Kier molecular flexibility index (Phi) is 6.33. The quantitative estimate of drug-likeness (QED) is 0.793. The van der Waals surface area contributed by atoms with Crippen LogP contribution in [0, 0.1) is 0 Å². The van der Waals surface area contributed by atoms with Crippen molar-refractivity contribution in [3.05, 3.63) is 65.7 Å². The number of anilines is 1. The van der Waals surface area contributed by atoms with Gasteiger partial charge in [0.2, 0.25) is 0 Å². The van der Waals surface area contributed by atoms with E-state index in [4.69, 9.17) is 4.74 Å². The maximum Gasteiger partial charge on any atom is 0.269 e. The summed E-state index contributed by atoms with van der Waals surface area (Å²) in [5.41, 5.74) is 7.06. The van der Waals surface area contributed by atoms with Crippen LogP contribution >= 0.6 is 0 Å². The minimum atomic E-state index is -0.414. The van der Waals surface area contributed by atoms with Gasteiger partial charge in [0.25, 0.3) is 11.8 Å². The summed E-state index contributed by atoms with van der Waals surface area (Å²) in [6, 6.07) is 16.7. The third-order valence-electron chi connectivity index (χ3n) is 3.28. The highest BCUT2D eigenvalue weighted by Crippen LogP contribution is 2.12. The third-order valence-corrected chi connectivity index (χ3v) is 3.28. The molecule has 0 saturated carbocycles. The molecule has 0 bridgehead atoms. The van der Waals surface area contributed by atoms with Gasteiger partial charge in [-0.15, -0.1) is 0 Å². The van der Waals surface area contributed by atoms with Crippen LogP contribution in [0.1, 0.15) is 15.9 Å². The molecule has 24 heavy (non-hydrogen) atoms. The molecule has 0 aromatic heterocycles. The lowest BCUT2D eigenvalue weighted by molar-refractivity contribution is -0.126. The van der Waals surface area contributed by atoms with Gasteiger partial charge in [0, 0.05) is 25.3 Å². The largest absolute Gasteiger partial charge is 0.378 e. The Hall–Kier alpha value is -2.86. The Morgan fingerprint density at radius 3 is 2.46 bits per heavy atom. The number of carbonyl (C=O) groups is 2. The van der Waals surface area contributed by atoms with E-state index in [1.54, 1.807) is 18.2 Å². The van der Waals surface area contributed by atoms with Crippen molar-refractivity contribution >= 4 is 17.5 Å². The summed E-state index contributed by atoms with van der Waals surface area (Å²) in [7, 11) is 3.78. The fourth-order valence-electron chi connectivity index (χ4n) is 2.00. The third kappa shape index (κ3) is 5.40. The average Bonchev–Trinajstić information content (AvgIpc) is 2.60. The molecule has 2 rings (SSSR count). The molecule has 0 fully saturated rings. The van der Waals surface area contributed by atoms with Crippen LogP contribution in [0.3, 0.4) is 0 Å². The molecule has 6 nitrogen and oxygen atoms in total. The molecule has 2 N–H and O–H groups in total. The summed E-state index contributed by atoms with van der Waals surface area (Å²) in [6.45, 7) is 0.208. The molecule has 2 aromatic rings. The number of rotatable bonds is 6. The van der Waals surface area contributed by atoms with Gasteiger partial charge >= 0.3 is 0 Å².